The fourth-order valence-electron chi connectivity index (χ4n) is 1.69. The lowest BCUT2D eigenvalue weighted by Crippen LogP contribution is -2.10. The maximum atomic E-state index is 12.9. The highest BCUT2D eigenvalue weighted by Gasteiger charge is 2.19. The van der Waals surface area contributed by atoms with Gasteiger partial charge in [0.05, 0.1) is 24.7 Å². The number of alkyl halides is 3. The Balaban J connectivity index is 3.24. The Hall–Kier alpha value is -1.48. The van der Waals surface area contributed by atoms with Crippen LogP contribution in [-0.4, -0.2) is 12.6 Å². The molecule has 0 fully saturated rings. The third-order valence-electron chi connectivity index (χ3n) is 2.45. The monoisotopic (exact) mass is 331 g/mol. The van der Waals surface area contributed by atoms with Crippen LogP contribution >= 0.6 is 15.9 Å². The van der Waals surface area contributed by atoms with E-state index in [-0.39, 0.29) is 29.7 Å². The van der Waals surface area contributed by atoms with Gasteiger partial charge in [-0.25, -0.2) is 8.78 Å². The van der Waals surface area contributed by atoms with Crippen LogP contribution in [0.1, 0.15) is 35.6 Å². The van der Waals surface area contributed by atoms with Crippen LogP contribution < -0.4 is 0 Å². The Morgan fingerprint density at radius 1 is 1.53 bits per heavy atom. The van der Waals surface area contributed by atoms with Crippen LogP contribution in [0.25, 0.3) is 0 Å². The molecule has 0 aliphatic carbocycles. The van der Waals surface area contributed by atoms with Gasteiger partial charge in [-0.15, -0.1) is 0 Å². The minimum atomic E-state index is -2.76. The number of ether oxygens (including phenoxy) is 1. The zero-order valence-electron chi connectivity index (χ0n) is 10.3. The van der Waals surface area contributed by atoms with Gasteiger partial charge in [-0.1, -0.05) is 22.0 Å². The van der Waals surface area contributed by atoms with E-state index >= 15 is 0 Å². The molecule has 0 aromatic heterocycles. The molecule has 0 saturated heterocycles. The molecule has 0 aliphatic heterocycles. The van der Waals surface area contributed by atoms with E-state index in [2.05, 4.69) is 15.9 Å². The van der Waals surface area contributed by atoms with Crippen LogP contribution in [0.2, 0.25) is 0 Å². The second-order valence-corrected chi connectivity index (χ2v) is 4.31. The average Bonchev–Trinajstić information content (AvgIpc) is 2.37. The first-order chi connectivity index (χ1) is 9.03. The smallest absolute Gasteiger partial charge is 0.310 e. The number of nitriles is 1. The maximum Gasteiger partial charge on any atom is 0.310 e. The predicted octanol–water partition coefficient (Wildman–Crippen LogP) is 3.50. The van der Waals surface area contributed by atoms with Crippen LogP contribution in [0.4, 0.5) is 8.78 Å². The largest absolute Gasteiger partial charge is 0.466 e. The second-order valence-electron chi connectivity index (χ2n) is 3.75. The highest BCUT2D eigenvalue weighted by Crippen LogP contribution is 2.28. The lowest BCUT2D eigenvalue weighted by molar-refractivity contribution is -0.142. The molecule has 6 heteroatoms. The van der Waals surface area contributed by atoms with Gasteiger partial charge in [-0.2, -0.15) is 5.26 Å². The van der Waals surface area contributed by atoms with E-state index in [1.165, 1.54) is 6.07 Å². The molecule has 0 aliphatic rings. The minimum Gasteiger partial charge on any atom is -0.466 e. The zero-order chi connectivity index (χ0) is 14.4. The Morgan fingerprint density at radius 2 is 2.21 bits per heavy atom. The van der Waals surface area contributed by atoms with E-state index in [1.54, 1.807) is 19.1 Å². The molecule has 0 unspecified atom stereocenters. The zero-order valence-corrected chi connectivity index (χ0v) is 11.8. The Kier molecular flexibility index (Phi) is 5.90. The van der Waals surface area contributed by atoms with Gasteiger partial charge in [0.25, 0.3) is 6.43 Å². The molecule has 0 saturated carbocycles. The summed E-state index contributed by atoms with van der Waals surface area (Å²) in [6.45, 7) is 1.86. The number of benzene rings is 1. The number of hydrogen-bond donors (Lipinski definition) is 0. The van der Waals surface area contributed by atoms with Gasteiger partial charge in [-0.3, -0.25) is 4.79 Å². The molecule has 0 bridgehead atoms. The lowest BCUT2D eigenvalue weighted by atomic mass is 9.97. The molecule has 0 amide bonds. The number of nitrogens with zero attached hydrogens (tertiary/aromatic N) is 1. The molecule has 19 heavy (non-hydrogen) atoms. The Morgan fingerprint density at radius 3 is 2.68 bits per heavy atom. The molecule has 0 spiro atoms. The fraction of sp³-hybridized carbons (Fsp3) is 0.385. The summed E-state index contributed by atoms with van der Waals surface area (Å²) in [7, 11) is 0. The molecule has 0 radical (unpaired) electrons. The standard InChI is InChI=1S/C13H12BrF2NO2/c1-2-19-12(18)5-9-3-8(6-14)4-10(13(15)16)11(9)7-17/h3-4,13H,2,5-6H2,1H3. The third-order valence-corrected chi connectivity index (χ3v) is 3.10. The topological polar surface area (TPSA) is 50.1 Å². The van der Waals surface area contributed by atoms with Gasteiger partial charge in [0.15, 0.2) is 0 Å². The summed E-state index contributed by atoms with van der Waals surface area (Å²) in [6, 6.07) is 4.58. The van der Waals surface area contributed by atoms with Crippen molar-refractivity contribution in [3.05, 3.63) is 34.4 Å². The Bertz CT molecular complexity index is 512. The van der Waals surface area contributed by atoms with Crippen molar-refractivity contribution in [3.63, 3.8) is 0 Å². The summed E-state index contributed by atoms with van der Waals surface area (Å²) in [5, 5.41) is 9.38. The highest BCUT2D eigenvalue weighted by molar-refractivity contribution is 9.08. The van der Waals surface area contributed by atoms with Crippen LogP contribution in [-0.2, 0) is 21.3 Å². The van der Waals surface area contributed by atoms with Crippen molar-refractivity contribution in [2.75, 3.05) is 6.61 Å². The molecule has 102 valence electrons. The van der Waals surface area contributed by atoms with E-state index in [1.807, 2.05) is 0 Å². The van der Waals surface area contributed by atoms with Gasteiger partial charge >= 0.3 is 5.97 Å². The van der Waals surface area contributed by atoms with Crippen molar-refractivity contribution < 1.29 is 18.3 Å². The normalized spacial score (nSPS) is 10.3. The van der Waals surface area contributed by atoms with Gasteiger partial charge in [0.2, 0.25) is 0 Å². The number of carbonyl (C=O) groups excluding carboxylic acids is 1. The molecule has 0 atom stereocenters. The fourth-order valence-corrected chi connectivity index (χ4v) is 2.01. The Labute approximate surface area is 118 Å². The van der Waals surface area contributed by atoms with E-state index < -0.39 is 12.4 Å². The summed E-state index contributed by atoms with van der Waals surface area (Å²) >= 11 is 3.17. The van der Waals surface area contributed by atoms with Gasteiger partial charge < -0.3 is 4.74 Å². The predicted molar refractivity (Wildman–Crippen MR) is 69.1 cm³/mol. The van der Waals surface area contributed by atoms with Crippen molar-refractivity contribution in [1.82, 2.24) is 0 Å². The summed E-state index contributed by atoms with van der Waals surface area (Å²) in [5.41, 5.74) is 0.369. The van der Waals surface area contributed by atoms with Gasteiger partial charge in [-0.05, 0) is 24.1 Å². The van der Waals surface area contributed by atoms with Crippen molar-refractivity contribution in [3.8, 4) is 6.07 Å². The molecule has 3 nitrogen and oxygen atoms in total. The third kappa shape index (κ3) is 4.00. The molecule has 0 N–H and O–H groups in total. The van der Waals surface area contributed by atoms with E-state index in [0.717, 1.165) is 0 Å². The van der Waals surface area contributed by atoms with Crippen molar-refractivity contribution in [2.45, 2.75) is 25.1 Å². The number of rotatable bonds is 5. The molecule has 1 aromatic carbocycles. The van der Waals surface area contributed by atoms with Crippen LogP contribution in [0.3, 0.4) is 0 Å². The van der Waals surface area contributed by atoms with Crippen LogP contribution in [0.5, 0.6) is 0 Å². The summed E-state index contributed by atoms with van der Waals surface area (Å²) in [5.74, 6) is -0.536. The van der Waals surface area contributed by atoms with Gasteiger partial charge in [0.1, 0.15) is 0 Å². The van der Waals surface area contributed by atoms with Gasteiger partial charge in [0, 0.05) is 10.9 Å². The molecular weight excluding hydrogens is 320 g/mol. The summed E-state index contributed by atoms with van der Waals surface area (Å²) < 4.78 is 30.6. The van der Waals surface area contributed by atoms with E-state index in [0.29, 0.717) is 10.9 Å². The van der Waals surface area contributed by atoms with Crippen molar-refractivity contribution >= 4 is 21.9 Å². The molecular formula is C13H12BrF2NO2. The van der Waals surface area contributed by atoms with E-state index in [4.69, 9.17) is 10.00 Å². The quantitative estimate of drug-likeness (QED) is 0.613. The maximum absolute atomic E-state index is 12.9. The molecule has 1 rings (SSSR count). The molecule has 1 aromatic rings. The first-order valence-electron chi connectivity index (χ1n) is 5.59. The number of carbonyl (C=O) groups is 1. The van der Waals surface area contributed by atoms with Crippen LogP contribution in [0.15, 0.2) is 12.1 Å². The molecule has 0 heterocycles. The SMILES string of the molecule is CCOC(=O)Cc1cc(CBr)cc(C(F)F)c1C#N. The van der Waals surface area contributed by atoms with Crippen LogP contribution in [0, 0.1) is 11.3 Å². The average molecular weight is 332 g/mol. The van der Waals surface area contributed by atoms with E-state index in [9.17, 15) is 13.6 Å². The highest BCUT2D eigenvalue weighted by atomic mass is 79.9. The lowest BCUT2D eigenvalue weighted by Gasteiger charge is -2.11. The first-order valence-corrected chi connectivity index (χ1v) is 6.71. The summed E-state index contributed by atoms with van der Waals surface area (Å²) in [4.78, 5) is 11.4. The van der Waals surface area contributed by atoms with Crippen molar-refractivity contribution in [2.24, 2.45) is 0 Å². The summed E-state index contributed by atoms with van der Waals surface area (Å²) in [6.07, 6.45) is -2.94. The second kappa shape index (κ2) is 7.19. The number of esters is 1. The minimum absolute atomic E-state index is 0.146. The number of halogens is 3. The first kappa shape index (κ1) is 15.6. The van der Waals surface area contributed by atoms with Crippen molar-refractivity contribution in [1.29, 1.82) is 5.26 Å². The number of hydrogen-bond acceptors (Lipinski definition) is 3.